The van der Waals surface area contributed by atoms with Crippen molar-refractivity contribution >= 4 is 11.8 Å². The first kappa shape index (κ1) is 20.1. The number of nitrogens with one attached hydrogen (secondary N) is 1. The predicted molar refractivity (Wildman–Crippen MR) is 110 cm³/mol. The maximum Gasteiger partial charge on any atom is 0.225 e. The van der Waals surface area contributed by atoms with Crippen LogP contribution in [0.4, 0.5) is 0 Å². The number of piperidine rings is 1. The van der Waals surface area contributed by atoms with E-state index in [1.54, 1.807) is 0 Å². The molecular formula is C23H29N3O2. The van der Waals surface area contributed by atoms with Crippen LogP contribution in [0.5, 0.6) is 0 Å². The first-order chi connectivity index (χ1) is 13.7. The quantitative estimate of drug-likeness (QED) is 0.692. The molecule has 0 bridgehead atoms. The number of hydrogen-bond acceptors (Lipinski definition) is 3. The summed E-state index contributed by atoms with van der Waals surface area (Å²) in [6.45, 7) is 1.77. The van der Waals surface area contributed by atoms with Crippen LogP contribution in [0.2, 0.25) is 0 Å². The average Bonchev–Trinajstić information content (AvgIpc) is 2.74. The minimum Gasteiger partial charge on any atom is -0.356 e. The van der Waals surface area contributed by atoms with Crippen LogP contribution in [0.15, 0.2) is 60.7 Å². The van der Waals surface area contributed by atoms with E-state index in [4.69, 9.17) is 5.73 Å². The van der Waals surface area contributed by atoms with Gasteiger partial charge in [0.25, 0.3) is 0 Å². The van der Waals surface area contributed by atoms with Gasteiger partial charge in [-0.25, -0.2) is 0 Å². The van der Waals surface area contributed by atoms with Crippen molar-refractivity contribution in [2.24, 2.45) is 11.7 Å². The van der Waals surface area contributed by atoms with Gasteiger partial charge in [0.15, 0.2) is 0 Å². The summed E-state index contributed by atoms with van der Waals surface area (Å²) in [6, 6.07) is 19.6. The van der Waals surface area contributed by atoms with E-state index in [0.29, 0.717) is 32.5 Å². The van der Waals surface area contributed by atoms with E-state index in [0.717, 1.165) is 24.0 Å². The highest BCUT2D eigenvalue weighted by Gasteiger charge is 2.40. The molecule has 3 rings (SSSR count). The Balaban J connectivity index is 1.84. The second-order valence-electron chi connectivity index (χ2n) is 7.29. The Morgan fingerprint density at radius 1 is 1.04 bits per heavy atom. The third kappa shape index (κ3) is 4.98. The number of hydrogen-bond donors (Lipinski definition) is 2. The van der Waals surface area contributed by atoms with Crippen LogP contribution in [-0.2, 0) is 16.1 Å². The molecule has 2 aromatic rings. The molecule has 3 N–H and O–H groups in total. The largest absolute Gasteiger partial charge is 0.356 e. The van der Waals surface area contributed by atoms with Crippen molar-refractivity contribution in [1.29, 1.82) is 0 Å². The number of carbonyl (C=O) groups excluding carboxylic acids is 2. The van der Waals surface area contributed by atoms with Gasteiger partial charge in [0.1, 0.15) is 0 Å². The number of nitrogens with two attached hydrogens (primary N) is 1. The van der Waals surface area contributed by atoms with Crippen LogP contribution >= 0.6 is 0 Å². The molecule has 0 spiro atoms. The second kappa shape index (κ2) is 10.0. The Labute approximate surface area is 166 Å². The number of likely N-dealkylation sites (tertiary alicyclic amines) is 1. The van der Waals surface area contributed by atoms with E-state index in [1.807, 2.05) is 65.6 Å². The number of amides is 2. The molecule has 1 fully saturated rings. The standard InChI is InChI=1S/C23H29N3O2/c24-15-7-8-16-25-23(28)20-13-14-21(27)26(17-18-9-3-1-4-10-18)22(20)19-11-5-2-6-12-19/h1-6,9-12,20,22H,7-8,13-17,24H2,(H,25,28). The van der Waals surface area contributed by atoms with Gasteiger partial charge in [0.2, 0.25) is 11.8 Å². The van der Waals surface area contributed by atoms with E-state index >= 15 is 0 Å². The molecule has 148 valence electrons. The van der Waals surface area contributed by atoms with E-state index in [-0.39, 0.29) is 23.8 Å². The fourth-order valence-electron chi connectivity index (χ4n) is 3.87. The first-order valence-electron chi connectivity index (χ1n) is 10.1. The van der Waals surface area contributed by atoms with Gasteiger partial charge in [0, 0.05) is 19.5 Å². The van der Waals surface area contributed by atoms with Crippen LogP contribution in [0.1, 0.15) is 42.9 Å². The van der Waals surface area contributed by atoms with E-state index in [9.17, 15) is 9.59 Å². The van der Waals surface area contributed by atoms with E-state index in [2.05, 4.69) is 5.32 Å². The number of nitrogens with zero attached hydrogens (tertiary/aromatic N) is 1. The normalized spacial score (nSPS) is 19.5. The molecule has 28 heavy (non-hydrogen) atoms. The second-order valence-corrected chi connectivity index (χ2v) is 7.29. The molecule has 0 aromatic heterocycles. The molecule has 2 aromatic carbocycles. The SMILES string of the molecule is NCCCCNC(=O)C1CCC(=O)N(Cc2ccccc2)C1c1ccccc1. The van der Waals surface area contributed by atoms with E-state index < -0.39 is 0 Å². The van der Waals surface area contributed by atoms with Crippen molar-refractivity contribution in [3.05, 3.63) is 71.8 Å². The zero-order valence-electron chi connectivity index (χ0n) is 16.2. The van der Waals surface area contributed by atoms with Crippen molar-refractivity contribution in [3.8, 4) is 0 Å². The van der Waals surface area contributed by atoms with Crippen LogP contribution in [0.25, 0.3) is 0 Å². The highest BCUT2D eigenvalue weighted by molar-refractivity contribution is 5.85. The molecule has 1 heterocycles. The van der Waals surface area contributed by atoms with E-state index in [1.165, 1.54) is 0 Å². The Bertz CT molecular complexity index is 764. The Kier molecular flexibility index (Phi) is 7.20. The molecule has 1 aliphatic heterocycles. The van der Waals surface area contributed by atoms with Gasteiger partial charge in [0.05, 0.1) is 12.0 Å². The van der Waals surface area contributed by atoms with Gasteiger partial charge >= 0.3 is 0 Å². The summed E-state index contributed by atoms with van der Waals surface area (Å²) < 4.78 is 0. The van der Waals surface area contributed by atoms with Gasteiger partial charge in [-0.1, -0.05) is 60.7 Å². The Hall–Kier alpha value is -2.66. The lowest BCUT2D eigenvalue weighted by atomic mass is 9.83. The summed E-state index contributed by atoms with van der Waals surface area (Å²) in [6.07, 6.45) is 2.74. The van der Waals surface area contributed by atoms with Gasteiger partial charge in [-0.2, -0.15) is 0 Å². The van der Waals surface area contributed by atoms with Crippen molar-refractivity contribution < 1.29 is 9.59 Å². The highest BCUT2D eigenvalue weighted by atomic mass is 16.2. The lowest BCUT2D eigenvalue weighted by molar-refractivity contribution is -0.144. The number of rotatable bonds is 8. The van der Waals surface area contributed by atoms with Gasteiger partial charge in [-0.3, -0.25) is 9.59 Å². The topological polar surface area (TPSA) is 75.4 Å². The molecule has 0 radical (unpaired) electrons. The van der Waals surface area contributed by atoms with Crippen molar-refractivity contribution in [1.82, 2.24) is 10.2 Å². The van der Waals surface area contributed by atoms with Crippen LogP contribution < -0.4 is 11.1 Å². The highest BCUT2D eigenvalue weighted by Crippen LogP contribution is 2.37. The van der Waals surface area contributed by atoms with Crippen LogP contribution in [0.3, 0.4) is 0 Å². The minimum absolute atomic E-state index is 0.0245. The van der Waals surface area contributed by atoms with Gasteiger partial charge in [-0.05, 0) is 36.9 Å². The Morgan fingerprint density at radius 3 is 2.39 bits per heavy atom. The fourth-order valence-corrected chi connectivity index (χ4v) is 3.87. The van der Waals surface area contributed by atoms with Crippen LogP contribution in [-0.4, -0.2) is 29.8 Å². The maximum absolute atomic E-state index is 13.0. The third-order valence-corrected chi connectivity index (χ3v) is 5.31. The average molecular weight is 380 g/mol. The lowest BCUT2D eigenvalue weighted by Crippen LogP contribution is -2.47. The Morgan fingerprint density at radius 2 is 1.71 bits per heavy atom. The molecule has 2 atom stereocenters. The summed E-state index contributed by atoms with van der Waals surface area (Å²) >= 11 is 0. The summed E-state index contributed by atoms with van der Waals surface area (Å²) in [5.41, 5.74) is 7.61. The summed E-state index contributed by atoms with van der Waals surface area (Å²) in [5.74, 6) is -0.122. The molecule has 1 aliphatic rings. The molecule has 2 unspecified atom stereocenters. The smallest absolute Gasteiger partial charge is 0.225 e. The minimum atomic E-state index is -0.253. The molecule has 0 saturated carbocycles. The molecule has 5 nitrogen and oxygen atoms in total. The van der Waals surface area contributed by atoms with Crippen molar-refractivity contribution in [2.75, 3.05) is 13.1 Å². The predicted octanol–water partition coefficient (Wildman–Crippen LogP) is 3.02. The monoisotopic (exact) mass is 379 g/mol. The molecule has 1 saturated heterocycles. The zero-order chi connectivity index (χ0) is 19.8. The van der Waals surface area contributed by atoms with Gasteiger partial charge in [-0.15, -0.1) is 0 Å². The first-order valence-corrected chi connectivity index (χ1v) is 10.1. The maximum atomic E-state index is 13.0. The zero-order valence-corrected chi connectivity index (χ0v) is 16.2. The van der Waals surface area contributed by atoms with Gasteiger partial charge < -0.3 is 16.0 Å². The summed E-state index contributed by atoms with van der Waals surface area (Å²) in [7, 11) is 0. The molecule has 0 aliphatic carbocycles. The van der Waals surface area contributed by atoms with Crippen LogP contribution in [0, 0.1) is 5.92 Å². The van der Waals surface area contributed by atoms with Crippen molar-refractivity contribution in [3.63, 3.8) is 0 Å². The number of carbonyl (C=O) groups is 2. The number of unbranched alkanes of at least 4 members (excludes halogenated alkanes) is 1. The summed E-state index contributed by atoms with van der Waals surface area (Å²) in [5, 5.41) is 3.05. The van der Waals surface area contributed by atoms with Crippen molar-refractivity contribution in [2.45, 2.75) is 38.3 Å². The third-order valence-electron chi connectivity index (χ3n) is 5.31. The summed E-state index contributed by atoms with van der Waals surface area (Å²) in [4.78, 5) is 27.7. The number of benzene rings is 2. The molecule has 2 amide bonds. The molecule has 5 heteroatoms. The lowest BCUT2D eigenvalue weighted by Gasteiger charge is -2.41. The fraction of sp³-hybridized carbons (Fsp3) is 0.391. The molecular weight excluding hydrogens is 350 g/mol.